The van der Waals surface area contributed by atoms with Gasteiger partial charge < -0.3 is 9.64 Å². The van der Waals surface area contributed by atoms with Gasteiger partial charge in [0.05, 0.1) is 29.7 Å². The molecule has 5 rings (SSSR count). The summed E-state index contributed by atoms with van der Waals surface area (Å²) in [7, 11) is 1.33. The van der Waals surface area contributed by atoms with Crippen molar-refractivity contribution in [3.63, 3.8) is 0 Å². The van der Waals surface area contributed by atoms with E-state index in [-0.39, 0.29) is 16.0 Å². The molecule has 0 saturated carbocycles. The van der Waals surface area contributed by atoms with Gasteiger partial charge in [-0.15, -0.1) is 0 Å². The Hall–Kier alpha value is -3.00. The lowest BCUT2D eigenvalue weighted by atomic mass is 9.84. The minimum atomic E-state index is -2.68. The molecule has 3 aliphatic heterocycles. The van der Waals surface area contributed by atoms with Gasteiger partial charge in [0.25, 0.3) is 5.69 Å². The van der Waals surface area contributed by atoms with E-state index in [2.05, 4.69) is 54.7 Å². The van der Waals surface area contributed by atoms with Crippen LogP contribution in [0.15, 0.2) is 69.4 Å². The second kappa shape index (κ2) is 8.34. The number of anilines is 1. The summed E-state index contributed by atoms with van der Waals surface area (Å²) in [5.41, 5.74) is 3.62. The van der Waals surface area contributed by atoms with Crippen molar-refractivity contribution in [2.45, 2.75) is 19.3 Å². The number of rotatable bonds is 3. The van der Waals surface area contributed by atoms with Gasteiger partial charge in [-0.2, -0.15) is 5.10 Å². The summed E-state index contributed by atoms with van der Waals surface area (Å²) in [6.45, 7) is 6.98. The normalized spacial score (nSPS) is 26.1. The fraction of sp³-hybridized carbons (Fsp3) is 0.375. The maximum absolute atomic E-state index is 11.9. The van der Waals surface area contributed by atoms with E-state index in [0.29, 0.717) is 32.0 Å². The lowest BCUT2D eigenvalue weighted by Gasteiger charge is -2.41. The first kappa shape index (κ1) is 22.8. The van der Waals surface area contributed by atoms with Crippen LogP contribution in [-0.2, 0) is 10.2 Å². The van der Waals surface area contributed by atoms with Crippen LogP contribution >= 0.6 is 7.36 Å². The maximum atomic E-state index is 11.9. The molecule has 178 valence electrons. The van der Waals surface area contributed by atoms with Gasteiger partial charge in [0.2, 0.25) is 0 Å². The highest BCUT2D eigenvalue weighted by molar-refractivity contribution is 7.67. The summed E-state index contributed by atoms with van der Waals surface area (Å²) >= 11 is 0. The second-order valence-electron chi connectivity index (χ2n) is 9.15. The first-order valence-electron chi connectivity index (χ1n) is 11.3. The van der Waals surface area contributed by atoms with Gasteiger partial charge in [-0.25, -0.2) is 14.2 Å². The molecule has 0 spiro atoms. The summed E-state index contributed by atoms with van der Waals surface area (Å²) in [5, 5.41) is 17.6. The Morgan fingerprint density at radius 1 is 1.09 bits per heavy atom. The van der Waals surface area contributed by atoms with Gasteiger partial charge in [0, 0.05) is 50.1 Å². The Kier molecular flexibility index (Phi) is 5.59. The summed E-state index contributed by atoms with van der Waals surface area (Å²) in [6, 6.07) is 15.1. The zero-order valence-electron chi connectivity index (χ0n) is 19.9. The molecule has 0 amide bonds. The molecule has 1 atom stereocenters. The van der Waals surface area contributed by atoms with Gasteiger partial charge in [-0.3, -0.25) is 10.1 Å². The smallest absolute Gasteiger partial charge is 0.294 e. The average molecular weight is 481 g/mol. The molecule has 2 aromatic rings. The molecular formula is C24H29N6O3P. The van der Waals surface area contributed by atoms with E-state index in [9.17, 15) is 10.1 Å². The van der Waals surface area contributed by atoms with Crippen molar-refractivity contribution in [1.29, 1.82) is 0 Å². The molecule has 1 fully saturated rings. The summed E-state index contributed by atoms with van der Waals surface area (Å²) in [5.74, 6) is 0. The third-order valence-corrected chi connectivity index (χ3v) is 10.5. The second-order valence-corrected chi connectivity index (χ2v) is 12.1. The number of allylic oxidation sites excluding steroid dienone is 2. The lowest BCUT2D eigenvalue weighted by molar-refractivity contribution is -0.384. The number of hydrogen-bond acceptors (Lipinski definition) is 6. The number of ether oxygens (including phenoxy) is 1. The lowest BCUT2D eigenvalue weighted by Crippen LogP contribution is -2.37. The molecule has 34 heavy (non-hydrogen) atoms. The van der Waals surface area contributed by atoms with Gasteiger partial charge in [0.1, 0.15) is 5.69 Å². The number of morpholine rings is 1. The molecule has 0 unspecified atom stereocenters. The largest absolute Gasteiger partial charge is 0.379 e. The highest BCUT2D eigenvalue weighted by atomic mass is 31.2. The number of hydrogen-bond donors (Lipinski definition) is 0. The molecular weight excluding hydrogens is 451 g/mol. The Bertz CT molecular complexity index is 1260. The highest BCUT2D eigenvalue weighted by Gasteiger charge is 2.48. The molecule has 0 bridgehead atoms. The summed E-state index contributed by atoms with van der Waals surface area (Å²) < 4.78 is 15.2. The number of likely N-dealkylation sites (N-methyl/N-ethyl adjacent to an activating group) is 1. The van der Waals surface area contributed by atoms with E-state index in [0.717, 1.165) is 16.7 Å². The zero-order valence-corrected chi connectivity index (χ0v) is 20.8. The molecule has 0 aromatic heterocycles. The molecule has 1 saturated heterocycles. The molecule has 10 heteroatoms. The van der Waals surface area contributed by atoms with Crippen molar-refractivity contribution in [3.8, 4) is 0 Å². The van der Waals surface area contributed by atoms with Crippen molar-refractivity contribution in [3.05, 3.63) is 75.2 Å². The van der Waals surface area contributed by atoms with Crippen LogP contribution in [-0.4, -0.2) is 61.0 Å². The van der Waals surface area contributed by atoms with E-state index < -0.39 is 7.36 Å². The summed E-state index contributed by atoms with van der Waals surface area (Å²) in [4.78, 5) is 13.7. The molecule has 3 heterocycles. The van der Waals surface area contributed by atoms with Crippen molar-refractivity contribution in [2.24, 2.45) is 9.85 Å². The summed E-state index contributed by atoms with van der Waals surface area (Å²) in [6.07, 6.45) is 1.92. The molecule has 0 N–H and O–H groups in total. The number of benzene rings is 2. The van der Waals surface area contributed by atoms with Crippen LogP contribution in [0.4, 0.5) is 17.1 Å². The average Bonchev–Trinajstić information content (AvgIpc) is 3.25. The van der Waals surface area contributed by atoms with Crippen LogP contribution in [0.2, 0.25) is 0 Å². The SMILES string of the molecule is CN1/C(=C2/C=NN(C)[P@@]2(=Nc2ccccc2[N+](=O)[O-])N2CCOCC2)C(C)(C)c2ccccc21. The molecule has 9 nitrogen and oxygen atoms in total. The maximum Gasteiger partial charge on any atom is 0.294 e. The number of nitro benzene ring substituents is 1. The number of fused-ring (bicyclic) bond motifs is 1. The Labute approximate surface area is 199 Å². The van der Waals surface area contributed by atoms with Crippen LogP contribution in [0.5, 0.6) is 0 Å². The number of nitrogens with zero attached hydrogens (tertiary/aromatic N) is 6. The van der Waals surface area contributed by atoms with E-state index in [1.807, 2.05) is 18.0 Å². The third-order valence-electron chi connectivity index (χ3n) is 6.89. The first-order chi connectivity index (χ1) is 16.3. The van der Waals surface area contributed by atoms with E-state index >= 15 is 0 Å². The van der Waals surface area contributed by atoms with Gasteiger partial charge in [-0.05, 0) is 17.7 Å². The van der Waals surface area contributed by atoms with Gasteiger partial charge in [-0.1, -0.05) is 44.2 Å². The van der Waals surface area contributed by atoms with E-state index in [1.54, 1.807) is 18.2 Å². The van der Waals surface area contributed by atoms with E-state index in [1.165, 1.54) is 11.6 Å². The minimum Gasteiger partial charge on any atom is -0.379 e. The van der Waals surface area contributed by atoms with Crippen LogP contribution < -0.4 is 4.90 Å². The molecule has 2 aromatic carbocycles. The van der Waals surface area contributed by atoms with Crippen LogP contribution in [0.3, 0.4) is 0 Å². The van der Waals surface area contributed by atoms with Gasteiger partial charge >= 0.3 is 0 Å². The van der Waals surface area contributed by atoms with E-state index in [4.69, 9.17) is 14.6 Å². The quantitative estimate of drug-likeness (QED) is 0.343. The number of para-hydroxylation sites is 2. The zero-order chi connectivity index (χ0) is 24.1. The monoisotopic (exact) mass is 480 g/mol. The Balaban J connectivity index is 1.83. The predicted molar refractivity (Wildman–Crippen MR) is 136 cm³/mol. The fourth-order valence-electron chi connectivity index (χ4n) is 5.30. The van der Waals surface area contributed by atoms with Gasteiger partial charge in [0.15, 0.2) is 7.36 Å². The highest BCUT2D eigenvalue weighted by Crippen LogP contribution is 2.69. The first-order valence-corrected chi connectivity index (χ1v) is 13.0. The third kappa shape index (κ3) is 3.30. The van der Waals surface area contributed by atoms with Crippen molar-refractivity contribution < 1.29 is 9.66 Å². The van der Waals surface area contributed by atoms with Crippen LogP contribution in [0.25, 0.3) is 0 Å². The van der Waals surface area contributed by atoms with Crippen molar-refractivity contribution >= 4 is 30.6 Å². The predicted octanol–water partition coefficient (Wildman–Crippen LogP) is 5.16. The number of nitro groups is 1. The molecule has 0 radical (unpaired) electrons. The number of hydrazone groups is 1. The Morgan fingerprint density at radius 3 is 2.47 bits per heavy atom. The fourth-order valence-corrected chi connectivity index (χ4v) is 8.96. The van der Waals surface area contributed by atoms with Crippen molar-refractivity contribution in [1.82, 2.24) is 9.45 Å². The Morgan fingerprint density at radius 2 is 1.76 bits per heavy atom. The minimum absolute atomic E-state index is 0.00195. The van der Waals surface area contributed by atoms with Crippen molar-refractivity contribution in [2.75, 3.05) is 45.3 Å². The van der Waals surface area contributed by atoms with Crippen LogP contribution in [0, 0.1) is 10.1 Å². The van der Waals surface area contributed by atoms with Crippen LogP contribution in [0.1, 0.15) is 19.4 Å². The standard InChI is InChI=1S/C24H29N6O3P/c1-24(2)18-9-5-7-11-20(18)27(3)23(24)22-17-25-28(4)34(22,29-13-15-33-16-14-29)26-19-10-6-8-12-21(19)30(31)32/h5-12,17H,13-16H2,1-4H3/b23-22-/t34-/m1/s1. The topological polar surface area (TPSA) is 86.8 Å². The molecule has 3 aliphatic rings. The molecule has 0 aliphatic carbocycles.